The summed E-state index contributed by atoms with van der Waals surface area (Å²) in [6, 6.07) is 0. The maximum atomic E-state index is 12.1. The van der Waals surface area contributed by atoms with E-state index in [4.69, 9.17) is 4.74 Å². The molecule has 0 amide bonds. The van der Waals surface area contributed by atoms with Gasteiger partial charge in [0.05, 0.1) is 17.9 Å². The number of ketones is 2. The molecule has 20 heavy (non-hydrogen) atoms. The standard InChI is InChI=1S/C16H16O4/c1-9-4-13(18)7-14(19)16(9)15-6-11-5-12(17)3-2-10(11)8-20-15/h5-6,8,13,18H,2-4,7H2,1H3. The number of hydrogen-bond donors (Lipinski definition) is 1. The van der Waals surface area contributed by atoms with E-state index in [1.54, 1.807) is 18.4 Å². The molecule has 3 rings (SSSR count). The number of aliphatic hydroxyl groups excluding tert-OH is 1. The van der Waals surface area contributed by atoms with E-state index in [-0.39, 0.29) is 18.0 Å². The van der Waals surface area contributed by atoms with E-state index in [0.717, 1.165) is 16.7 Å². The van der Waals surface area contributed by atoms with Crippen LogP contribution in [0.2, 0.25) is 0 Å². The highest BCUT2D eigenvalue weighted by Gasteiger charge is 2.29. The molecule has 3 aliphatic rings. The Kier molecular flexibility index (Phi) is 3.18. The van der Waals surface area contributed by atoms with Crippen LogP contribution < -0.4 is 0 Å². The number of hydrogen-bond acceptors (Lipinski definition) is 4. The van der Waals surface area contributed by atoms with Gasteiger partial charge in [-0.25, -0.2) is 0 Å². The number of carbonyl (C=O) groups is 2. The van der Waals surface area contributed by atoms with Gasteiger partial charge in [-0.05, 0) is 43.1 Å². The second-order valence-electron chi connectivity index (χ2n) is 5.48. The van der Waals surface area contributed by atoms with Crippen molar-refractivity contribution < 1.29 is 19.4 Å². The number of carbonyl (C=O) groups excluding carboxylic acids is 2. The SMILES string of the molecule is CC1=C(C2=CC3=CC(=O)CCC3=CO2)C(=O)CC(O)C1. The highest BCUT2D eigenvalue weighted by atomic mass is 16.5. The van der Waals surface area contributed by atoms with E-state index >= 15 is 0 Å². The van der Waals surface area contributed by atoms with Gasteiger partial charge in [-0.2, -0.15) is 0 Å². The smallest absolute Gasteiger partial charge is 0.169 e. The zero-order valence-corrected chi connectivity index (χ0v) is 11.3. The van der Waals surface area contributed by atoms with Crippen molar-refractivity contribution in [1.82, 2.24) is 0 Å². The first kappa shape index (κ1) is 13.1. The first-order chi connectivity index (χ1) is 9.54. The van der Waals surface area contributed by atoms with E-state index in [9.17, 15) is 14.7 Å². The van der Waals surface area contributed by atoms with Crippen molar-refractivity contribution in [3.05, 3.63) is 46.5 Å². The molecule has 1 N–H and O–H groups in total. The molecular weight excluding hydrogens is 256 g/mol. The summed E-state index contributed by atoms with van der Waals surface area (Å²) < 4.78 is 5.58. The molecule has 0 saturated carbocycles. The zero-order valence-electron chi connectivity index (χ0n) is 11.3. The monoisotopic (exact) mass is 272 g/mol. The maximum Gasteiger partial charge on any atom is 0.169 e. The molecule has 2 aliphatic carbocycles. The number of fused-ring (bicyclic) bond motifs is 1. The predicted molar refractivity (Wildman–Crippen MR) is 72.5 cm³/mol. The predicted octanol–water partition coefficient (Wildman–Crippen LogP) is 2.11. The molecule has 1 unspecified atom stereocenters. The van der Waals surface area contributed by atoms with Gasteiger partial charge in [0.2, 0.25) is 0 Å². The van der Waals surface area contributed by atoms with Gasteiger partial charge < -0.3 is 9.84 Å². The summed E-state index contributed by atoms with van der Waals surface area (Å²) in [7, 11) is 0. The van der Waals surface area contributed by atoms with Crippen molar-refractivity contribution >= 4 is 11.6 Å². The van der Waals surface area contributed by atoms with Gasteiger partial charge in [-0.3, -0.25) is 9.59 Å². The molecule has 0 saturated heterocycles. The van der Waals surface area contributed by atoms with Gasteiger partial charge in [-0.15, -0.1) is 0 Å². The first-order valence-corrected chi connectivity index (χ1v) is 6.78. The molecule has 0 aromatic carbocycles. The van der Waals surface area contributed by atoms with Crippen LogP contribution in [0.1, 0.15) is 32.6 Å². The van der Waals surface area contributed by atoms with Gasteiger partial charge in [-0.1, -0.05) is 5.57 Å². The van der Waals surface area contributed by atoms with Gasteiger partial charge >= 0.3 is 0 Å². The van der Waals surface area contributed by atoms with Crippen LogP contribution in [-0.4, -0.2) is 22.8 Å². The Balaban J connectivity index is 1.98. The van der Waals surface area contributed by atoms with Crippen molar-refractivity contribution in [2.24, 2.45) is 0 Å². The minimum atomic E-state index is -0.600. The molecule has 4 nitrogen and oxygen atoms in total. The number of allylic oxidation sites excluding steroid dienone is 5. The van der Waals surface area contributed by atoms with Crippen LogP contribution in [0.4, 0.5) is 0 Å². The summed E-state index contributed by atoms with van der Waals surface area (Å²) in [6.07, 6.45) is 6.20. The molecule has 1 atom stereocenters. The minimum Gasteiger partial charge on any atom is -0.464 e. The lowest BCUT2D eigenvalue weighted by molar-refractivity contribution is -0.118. The fourth-order valence-corrected chi connectivity index (χ4v) is 2.87. The van der Waals surface area contributed by atoms with Crippen LogP contribution in [0, 0.1) is 0 Å². The third kappa shape index (κ3) is 2.27. The molecule has 104 valence electrons. The number of aliphatic hydroxyl groups is 1. The highest BCUT2D eigenvalue weighted by Crippen LogP contribution is 2.34. The van der Waals surface area contributed by atoms with Gasteiger partial charge in [0.15, 0.2) is 11.6 Å². The van der Waals surface area contributed by atoms with E-state index in [2.05, 4.69) is 0 Å². The number of ether oxygens (including phenoxy) is 1. The van der Waals surface area contributed by atoms with Crippen LogP contribution in [0.15, 0.2) is 46.5 Å². The Morgan fingerprint density at radius 1 is 1.20 bits per heavy atom. The average molecular weight is 272 g/mol. The summed E-state index contributed by atoms with van der Waals surface area (Å²) in [5.74, 6) is 0.488. The minimum absolute atomic E-state index is 0.103. The molecule has 0 fully saturated rings. The van der Waals surface area contributed by atoms with Gasteiger partial charge in [0.25, 0.3) is 0 Å². The average Bonchev–Trinajstić information content (AvgIpc) is 2.37. The zero-order chi connectivity index (χ0) is 14.3. The second-order valence-corrected chi connectivity index (χ2v) is 5.48. The Hall–Kier alpha value is -1.94. The molecule has 0 aromatic heterocycles. The lowest BCUT2D eigenvalue weighted by Crippen LogP contribution is -2.24. The highest BCUT2D eigenvalue weighted by molar-refractivity contribution is 6.01. The third-order valence-electron chi connectivity index (χ3n) is 3.86. The van der Waals surface area contributed by atoms with Crippen molar-refractivity contribution in [3.63, 3.8) is 0 Å². The summed E-state index contributed by atoms with van der Waals surface area (Å²) in [4.78, 5) is 23.6. The van der Waals surface area contributed by atoms with Crippen LogP contribution in [-0.2, 0) is 14.3 Å². The van der Waals surface area contributed by atoms with Gasteiger partial charge in [0, 0.05) is 12.8 Å². The topological polar surface area (TPSA) is 63.6 Å². The van der Waals surface area contributed by atoms with E-state index in [1.807, 2.05) is 6.92 Å². The summed E-state index contributed by atoms with van der Waals surface area (Å²) >= 11 is 0. The number of Topliss-reactive ketones (excluding diaryl/α,β-unsaturated/α-hetero) is 1. The van der Waals surface area contributed by atoms with E-state index in [1.165, 1.54) is 0 Å². The van der Waals surface area contributed by atoms with Crippen LogP contribution in [0.3, 0.4) is 0 Å². The van der Waals surface area contributed by atoms with Crippen molar-refractivity contribution in [2.75, 3.05) is 0 Å². The maximum absolute atomic E-state index is 12.1. The molecule has 0 spiro atoms. The van der Waals surface area contributed by atoms with Crippen LogP contribution in [0.25, 0.3) is 0 Å². The quantitative estimate of drug-likeness (QED) is 0.794. The third-order valence-corrected chi connectivity index (χ3v) is 3.86. The van der Waals surface area contributed by atoms with E-state index in [0.29, 0.717) is 30.6 Å². The molecule has 1 aliphatic heterocycles. The van der Waals surface area contributed by atoms with Crippen LogP contribution in [0.5, 0.6) is 0 Å². The first-order valence-electron chi connectivity index (χ1n) is 6.78. The van der Waals surface area contributed by atoms with Crippen LogP contribution >= 0.6 is 0 Å². The molecule has 4 heteroatoms. The molecular formula is C16H16O4. The van der Waals surface area contributed by atoms with Crippen molar-refractivity contribution in [2.45, 2.75) is 38.7 Å². The second kappa shape index (κ2) is 4.87. The number of rotatable bonds is 1. The Labute approximate surface area is 117 Å². The fraction of sp³-hybridized carbons (Fsp3) is 0.375. The largest absolute Gasteiger partial charge is 0.464 e. The molecule has 0 bridgehead atoms. The lowest BCUT2D eigenvalue weighted by atomic mass is 9.86. The summed E-state index contributed by atoms with van der Waals surface area (Å²) in [5, 5.41) is 9.61. The normalized spacial score (nSPS) is 26.5. The summed E-state index contributed by atoms with van der Waals surface area (Å²) in [5.41, 5.74) is 3.21. The molecule has 0 radical (unpaired) electrons. The van der Waals surface area contributed by atoms with Crippen molar-refractivity contribution in [3.8, 4) is 0 Å². The fourth-order valence-electron chi connectivity index (χ4n) is 2.87. The lowest BCUT2D eigenvalue weighted by Gasteiger charge is -2.25. The Morgan fingerprint density at radius 3 is 2.75 bits per heavy atom. The Bertz CT molecular complexity index is 616. The van der Waals surface area contributed by atoms with Gasteiger partial charge in [0.1, 0.15) is 5.76 Å². The summed E-state index contributed by atoms with van der Waals surface area (Å²) in [6.45, 7) is 1.83. The molecule has 1 heterocycles. The Morgan fingerprint density at radius 2 is 2.00 bits per heavy atom. The molecule has 0 aromatic rings. The van der Waals surface area contributed by atoms with Crippen molar-refractivity contribution in [1.29, 1.82) is 0 Å². The van der Waals surface area contributed by atoms with E-state index < -0.39 is 6.10 Å².